The van der Waals surface area contributed by atoms with Gasteiger partial charge < -0.3 is 14.5 Å². The molecule has 6 nitrogen and oxygen atoms in total. The Morgan fingerprint density at radius 1 is 1.07 bits per heavy atom. The minimum Gasteiger partial charge on any atom is -0.496 e. The van der Waals surface area contributed by atoms with E-state index in [0.717, 1.165) is 10.0 Å². The van der Waals surface area contributed by atoms with E-state index in [2.05, 4.69) is 26.6 Å². The van der Waals surface area contributed by atoms with Crippen LogP contribution >= 0.6 is 15.9 Å². The zero-order chi connectivity index (χ0) is 19.9. The lowest BCUT2D eigenvalue weighted by Crippen LogP contribution is -2.12. The van der Waals surface area contributed by atoms with E-state index in [1.54, 1.807) is 49.6 Å². The Balaban J connectivity index is 1.61. The highest BCUT2D eigenvalue weighted by Gasteiger charge is 2.08. The Morgan fingerprint density at radius 2 is 1.86 bits per heavy atom. The average Bonchev–Trinajstić information content (AvgIpc) is 3.20. The van der Waals surface area contributed by atoms with Gasteiger partial charge in [0.15, 0.2) is 5.88 Å². The number of benzene rings is 2. The van der Waals surface area contributed by atoms with Crippen molar-refractivity contribution in [1.29, 1.82) is 0 Å². The van der Waals surface area contributed by atoms with Crippen LogP contribution in [0.5, 0.6) is 5.75 Å². The van der Waals surface area contributed by atoms with Crippen molar-refractivity contribution in [3.05, 3.63) is 82.5 Å². The van der Waals surface area contributed by atoms with E-state index in [4.69, 9.17) is 9.15 Å². The van der Waals surface area contributed by atoms with Gasteiger partial charge in [-0.15, -0.1) is 0 Å². The second kappa shape index (κ2) is 9.05. The number of hydrogen-bond acceptors (Lipinski definition) is 4. The van der Waals surface area contributed by atoms with Gasteiger partial charge in [-0.05, 0) is 54.6 Å². The van der Waals surface area contributed by atoms with Gasteiger partial charge in [-0.25, -0.2) is 0 Å². The van der Waals surface area contributed by atoms with Crippen molar-refractivity contribution < 1.29 is 18.7 Å². The van der Waals surface area contributed by atoms with Crippen LogP contribution in [0.15, 0.2) is 75.8 Å². The summed E-state index contributed by atoms with van der Waals surface area (Å²) in [6.07, 6.45) is 4.57. The smallest absolute Gasteiger partial charge is 0.257 e. The van der Waals surface area contributed by atoms with E-state index in [1.165, 1.54) is 12.3 Å². The topological polar surface area (TPSA) is 80.6 Å². The minimum atomic E-state index is -0.297. The Hall–Kier alpha value is -3.32. The summed E-state index contributed by atoms with van der Waals surface area (Å²) < 4.78 is 11.2. The first kappa shape index (κ1) is 19.4. The molecule has 0 unspecified atom stereocenters. The molecule has 1 aromatic heterocycles. The lowest BCUT2D eigenvalue weighted by atomic mass is 10.1. The maximum atomic E-state index is 12.2. The molecule has 0 aliphatic heterocycles. The number of carbonyl (C=O) groups excluding carboxylic acids is 2. The highest BCUT2D eigenvalue weighted by Crippen LogP contribution is 2.24. The summed E-state index contributed by atoms with van der Waals surface area (Å²) in [7, 11) is 1.57. The standard InChI is InChI=1S/C21H17BrN2O4/c1-27-18-10-7-16(22)13-15(18)6-11-19(25)23-17-8-4-14(5-9-17)21(26)24-20-3-2-12-28-20/h2-13H,1H3,(H,23,25)(H,24,26). The van der Waals surface area contributed by atoms with Gasteiger partial charge in [0.2, 0.25) is 5.91 Å². The normalized spacial score (nSPS) is 10.6. The summed E-state index contributed by atoms with van der Waals surface area (Å²) >= 11 is 3.39. The summed E-state index contributed by atoms with van der Waals surface area (Å²) in [5.74, 6) is 0.443. The highest BCUT2D eigenvalue weighted by molar-refractivity contribution is 9.10. The fourth-order valence-corrected chi connectivity index (χ4v) is 2.80. The highest BCUT2D eigenvalue weighted by atomic mass is 79.9. The maximum Gasteiger partial charge on any atom is 0.257 e. The number of nitrogens with one attached hydrogen (secondary N) is 2. The second-order valence-corrected chi connectivity index (χ2v) is 6.63. The molecule has 3 rings (SSSR count). The molecule has 1 heterocycles. The van der Waals surface area contributed by atoms with Crippen molar-refractivity contribution in [3.63, 3.8) is 0 Å². The molecule has 0 aliphatic rings. The number of halogens is 1. The third-order valence-corrected chi connectivity index (χ3v) is 4.27. The molecule has 0 saturated carbocycles. The Bertz CT molecular complexity index is 996. The first-order valence-electron chi connectivity index (χ1n) is 8.32. The van der Waals surface area contributed by atoms with Crippen LogP contribution in [-0.4, -0.2) is 18.9 Å². The Labute approximate surface area is 170 Å². The quantitative estimate of drug-likeness (QED) is 0.531. The molecule has 2 aromatic carbocycles. The Morgan fingerprint density at radius 3 is 2.54 bits per heavy atom. The summed E-state index contributed by atoms with van der Waals surface area (Å²) in [6.45, 7) is 0. The van der Waals surface area contributed by atoms with Crippen LogP contribution in [0.1, 0.15) is 15.9 Å². The van der Waals surface area contributed by atoms with Gasteiger partial charge in [0, 0.05) is 33.4 Å². The van der Waals surface area contributed by atoms with Crippen LogP contribution in [0.25, 0.3) is 6.08 Å². The van der Waals surface area contributed by atoms with Gasteiger partial charge >= 0.3 is 0 Å². The molecule has 142 valence electrons. The monoisotopic (exact) mass is 440 g/mol. The second-order valence-electron chi connectivity index (χ2n) is 5.72. The van der Waals surface area contributed by atoms with Crippen molar-refractivity contribution in [3.8, 4) is 5.75 Å². The number of anilines is 2. The zero-order valence-electron chi connectivity index (χ0n) is 14.9. The molecule has 0 radical (unpaired) electrons. The van der Waals surface area contributed by atoms with Gasteiger partial charge in [0.25, 0.3) is 5.91 Å². The molecule has 0 fully saturated rings. The van der Waals surface area contributed by atoms with E-state index in [-0.39, 0.29) is 11.8 Å². The van der Waals surface area contributed by atoms with E-state index >= 15 is 0 Å². The van der Waals surface area contributed by atoms with E-state index in [0.29, 0.717) is 22.9 Å². The molecule has 3 aromatic rings. The van der Waals surface area contributed by atoms with Crippen LogP contribution in [0.2, 0.25) is 0 Å². The zero-order valence-corrected chi connectivity index (χ0v) is 16.5. The van der Waals surface area contributed by atoms with Crippen LogP contribution in [0, 0.1) is 0 Å². The van der Waals surface area contributed by atoms with Gasteiger partial charge in [0.05, 0.1) is 13.4 Å². The molecule has 0 atom stereocenters. The van der Waals surface area contributed by atoms with Crippen molar-refractivity contribution in [1.82, 2.24) is 0 Å². The van der Waals surface area contributed by atoms with Crippen molar-refractivity contribution in [2.75, 3.05) is 17.7 Å². The predicted octanol–water partition coefficient (Wildman–Crippen LogP) is 4.95. The number of ether oxygens (including phenoxy) is 1. The molecule has 0 aliphatic carbocycles. The number of methoxy groups -OCH3 is 1. The lowest BCUT2D eigenvalue weighted by Gasteiger charge is -2.06. The lowest BCUT2D eigenvalue weighted by molar-refractivity contribution is -0.111. The van der Waals surface area contributed by atoms with Crippen molar-refractivity contribution in [2.24, 2.45) is 0 Å². The van der Waals surface area contributed by atoms with Gasteiger partial charge in [-0.2, -0.15) is 0 Å². The summed E-state index contributed by atoms with van der Waals surface area (Å²) in [6, 6.07) is 15.4. The molecule has 7 heteroatoms. The molecule has 0 bridgehead atoms. The van der Waals surface area contributed by atoms with Crippen molar-refractivity contribution >= 4 is 45.4 Å². The van der Waals surface area contributed by atoms with Gasteiger partial charge in [0.1, 0.15) is 5.75 Å². The third-order valence-electron chi connectivity index (χ3n) is 3.78. The minimum absolute atomic E-state index is 0.296. The predicted molar refractivity (Wildman–Crippen MR) is 111 cm³/mol. The number of hydrogen-bond donors (Lipinski definition) is 2. The van der Waals surface area contributed by atoms with Crippen LogP contribution < -0.4 is 15.4 Å². The molecule has 0 spiro atoms. The molecule has 2 N–H and O–H groups in total. The molecule has 2 amide bonds. The molecule has 0 saturated heterocycles. The maximum absolute atomic E-state index is 12.2. The first-order valence-corrected chi connectivity index (χ1v) is 9.12. The summed E-state index contributed by atoms with van der Waals surface area (Å²) in [4.78, 5) is 24.3. The van der Waals surface area contributed by atoms with Crippen LogP contribution in [0.3, 0.4) is 0 Å². The SMILES string of the molecule is COc1ccc(Br)cc1C=CC(=O)Nc1ccc(C(=O)Nc2ccco2)cc1. The third kappa shape index (κ3) is 5.11. The summed E-state index contributed by atoms with van der Waals surface area (Å²) in [5, 5.41) is 5.38. The van der Waals surface area contributed by atoms with E-state index < -0.39 is 0 Å². The molecule has 28 heavy (non-hydrogen) atoms. The largest absolute Gasteiger partial charge is 0.496 e. The fourth-order valence-electron chi connectivity index (χ4n) is 2.42. The van der Waals surface area contributed by atoms with Gasteiger partial charge in [-0.3, -0.25) is 14.9 Å². The number of furan rings is 1. The number of carbonyl (C=O) groups is 2. The fraction of sp³-hybridized carbons (Fsp3) is 0.0476. The van der Waals surface area contributed by atoms with E-state index in [1.807, 2.05) is 18.2 Å². The number of amides is 2. The van der Waals surface area contributed by atoms with Gasteiger partial charge in [-0.1, -0.05) is 15.9 Å². The number of rotatable bonds is 6. The first-order chi connectivity index (χ1) is 13.5. The van der Waals surface area contributed by atoms with Crippen LogP contribution in [-0.2, 0) is 4.79 Å². The Kier molecular flexibility index (Phi) is 6.29. The molecular weight excluding hydrogens is 424 g/mol. The average molecular weight is 441 g/mol. The summed E-state index contributed by atoms with van der Waals surface area (Å²) in [5.41, 5.74) is 1.80. The molecular formula is C21H17BrN2O4. The van der Waals surface area contributed by atoms with E-state index in [9.17, 15) is 9.59 Å². The van der Waals surface area contributed by atoms with Crippen molar-refractivity contribution in [2.45, 2.75) is 0 Å². The van der Waals surface area contributed by atoms with Crippen LogP contribution in [0.4, 0.5) is 11.6 Å².